The second-order valence-corrected chi connectivity index (χ2v) is 6.56. The predicted molar refractivity (Wildman–Crippen MR) is 90.3 cm³/mol. The van der Waals surface area contributed by atoms with Crippen molar-refractivity contribution in [1.29, 1.82) is 0 Å². The van der Waals surface area contributed by atoms with Crippen molar-refractivity contribution in [2.75, 3.05) is 30.9 Å². The van der Waals surface area contributed by atoms with Crippen molar-refractivity contribution in [2.24, 2.45) is 0 Å². The van der Waals surface area contributed by atoms with Crippen LogP contribution in [0.25, 0.3) is 0 Å². The van der Waals surface area contributed by atoms with E-state index >= 15 is 0 Å². The molecule has 1 atom stereocenters. The molecule has 2 N–H and O–H groups in total. The number of amides is 1. The van der Waals surface area contributed by atoms with Crippen LogP contribution >= 0.6 is 0 Å². The lowest BCUT2D eigenvalue weighted by Crippen LogP contribution is -2.27. The SMILES string of the molecule is COc1cc(NCC2CCCO2)ccc1NC(=O)OC(C)(C)C. The molecule has 6 heteroatoms. The number of methoxy groups -OCH3 is 1. The lowest BCUT2D eigenvalue weighted by molar-refractivity contribution is 0.0635. The van der Waals surface area contributed by atoms with Gasteiger partial charge < -0.3 is 19.5 Å². The van der Waals surface area contributed by atoms with Crippen molar-refractivity contribution in [3.8, 4) is 5.75 Å². The Bertz CT molecular complexity index is 534. The fourth-order valence-electron chi connectivity index (χ4n) is 2.36. The zero-order chi connectivity index (χ0) is 16.9. The van der Waals surface area contributed by atoms with Gasteiger partial charge in [0.1, 0.15) is 11.4 Å². The number of carbonyl (C=O) groups excluding carboxylic acids is 1. The molecule has 1 aliphatic rings. The predicted octanol–water partition coefficient (Wildman–Crippen LogP) is 3.63. The van der Waals surface area contributed by atoms with Crippen molar-refractivity contribution in [3.05, 3.63) is 18.2 Å². The van der Waals surface area contributed by atoms with Crippen molar-refractivity contribution in [3.63, 3.8) is 0 Å². The van der Waals surface area contributed by atoms with Crippen LogP contribution in [0.2, 0.25) is 0 Å². The van der Waals surface area contributed by atoms with E-state index < -0.39 is 11.7 Å². The van der Waals surface area contributed by atoms with Crippen LogP contribution in [0.4, 0.5) is 16.2 Å². The maximum absolute atomic E-state index is 11.9. The average molecular weight is 322 g/mol. The molecule has 0 saturated carbocycles. The molecule has 128 valence electrons. The molecule has 1 saturated heterocycles. The summed E-state index contributed by atoms with van der Waals surface area (Å²) in [6, 6.07) is 5.53. The van der Waals surface area contributed by atoms with Gasteiger partial charge in [0.25, 0.3) is 0 Å². The van der Waals surface area contributed by atoms with Crippen LogP contribution < -0.4 is 15.4 Å². The number of rotatable bonds is 5. The van der Waals surface area contributed by atoms with E-state index in [0.717, 1.165) is 31.7 Å². The zero-order valence-electron chi connectivity index (χ0n) is 14.3. The number of ether oxygens (including phenoxy) is 3. The highest BCUT2D eigenvalue weighted by molar-refractivity contribution is 5.87. The van der Waals surface area contributed by atoms with Gasteiger partial charge in [0, 0.05) is 24.9 Å². The molecule has 2 rings (SSSR count). The molecule has 0 aromatic heterocycles. The molecule has 0 aliphatic carbocycles. The summed E-state index contributed by atoms with van der Waals surface area (Å²) in [5.74, 6) is 0.577. The zero-order valence-corrected chi connectivity index (χ0v) is 14.3. The van der Waals surface area contributed by atoms with Crippen molar-refractivity contribution in [2.45, 2.75) is 45.3 Å². The maximum Gasteiger partial charge on any atom is 0.412 e. The number of nitrogens with one attached hydrogen (secondary N) is 2. The molecule has 0 bridgehead atoms. The number of hydrogen-bond acceptors (Lipinski definition) is 5. The molecule has 1 unspecified atom stereocenters. The van der Waals surface area contributed by atoms with Gasteiger partial charge in [0.15, 0.2) is 0 Å². The topological polar surface area (TPSA) is 68.8 Å². The first kappa shape index (κ1) is 17.4. The van der Waals surface area contributed by atoms with Crippen LogP contribution in [0.1, 0.15) is 33.6 Å². The Hall–Kier alpha value is -1.95. The van der Waals surface area contributed by atoms with E-state index in [9.17, 15) is 4.79 Å². The van der Waals surface area contributed by atoms with E-state index in [1.165, 1.54) is 0 Å². The maximum atomic E-state index is 11.9. The van der Waals surface area contributed by atoms with Crippen LogP contribution in [0, 0.1) is 0 Å². The largest absolute Gasteiger partial charge is 0.494 e. The van der Waals surface area contributed by atoms with Gasteiger partial charge in [-0.25, -0.2) is 4.79 Å². The Kier molecular flexibility index (Phi) is 5.71. The summed E-state index contributed by atoms with van der Waals surface area (Å²) in [6.45, 7) is 7.07. The first-order valence-electron chi connectivity index (χ1n) is 7.91. The smallest absolute Gasteiger partial charge is 0.412 e. The summed E-state index contributed by atoms with van der Waals surface area (Å²) >= 11 is 0. The monoisotopic (exact) mass is 322 g/mol. The van der Waals surface area contributed by atoms with E-state index in [-0.39, 0.29) is 6.10 Å². The second-order valence-electron chi connectivity index (χ2n) is 6.56. The third-order valence-corrected chi connectivity index (χ3v) is 3.39. The minimum Gasteiger partial charge on any atom is -0.494 e. The second kappa shape index (κ2) is 7.55. The summed E-state index contributed by atoms with van der Waals surface area (Å²) in [7, 11) is 1.57. The lowest BCUT2D eigenvalue weighted by Gasteiger charge is -2.20. The van der Waals surface area contributed by atoms with E-state index in [1.54, 1.807) is 13.2 Å². The van der Waals surface area contributed by atoms with Crippen molar-refractivity contribution < 1.29 is 19.0 Å². The van der Waals surface area contributed by atoms with Crippen LogP contribution in [0.15, 0.2) is 18.2 Å². The highest BCUT2D eigenvalue weighted by Gasteiger charge is 2.18. The minimum absolute atomic E-state index is 0.264. The summed E-state index contributed by atoms with van der Waals surface area (Å²) in [5.41, 5.74) is 0.955. The van der Waals surface area contributed by atoms with Gasteiger partial charge in [-0.3, -0.25) is 5.32 Å². The van der Waals surface area contributed by atoms with Gasteiger partial charge in [-0.15, -0.1) is 0 Å². The number of benzene rings is 1. The molecular weight excluding hydrogens is 296 g/mol. The third-order valence-electron chi connectivity index (χ3n) is 3.39. The van der Waals surface area contributed by atoms with Crippen LogP contribution in [-0.4, -0.2) is 38.1 Å². The lowest BCUT2D eigenvalue weighted by atomic mass is 10.2. The summed E-state index contributed by atoms with van der Waals surface area (Å²) < 4.78 is 16.2. The summed E-state index contributed by atoms with van der Waals surface area (Å²) in [4.78, 5) is 11.9. The van der Waals surface area contributed by atoms with Gasteiger partial charge in [-0.2, -0.15) is 0 Å². The molecule has 1 aliphatic heterocycles. The Morgan fingerprint density at radius 1 is 1.39 bits per heavy atom. The molecule has 23 heavy (non-hydrogen) atoms. The normalized spacial score (nSPS) is 17.7. The Morgan fingerprint density at radius 2 is 2.17 bits per heavy atom. The summed E-state index contributed by atoms with van der Waals surface area (Å²) in [5, 5.41) is 6.03. The molecular formula is C17H26N2O4. The molecule has 1 heterocycles. The Balaban J connectivity index is 1.96. The van der Waals surface area contributed by atoms with Crippen molar-refractivity contribution in [1.82, 2.24) is 0 Å². The number of hydrogen-bond donors (Lipinski definition) is 2. The standard InChI is InChI=1S/C17H26N2O4/c1-17(2,3)23-16(20)19-14-8-7-12(10-15(14)21-4)18-11-13-6-5-9-22-13/h7-8,10,13,18H,5-6,9,11H2,1-4H3,(H,19,20). The minimum atomic E-state index is -0.542. The number of carbonyl (C=O) groups is 1. The first-order valence-corrected chi connectivity index (χ1v) is 7.91. The molecule has 1 aromatic rings. The van der Waals surface area contributed by atoms with Crippen LogP contribution in [0.3, 0.4) is 0 Å². The molecule has 1 amide bonds. The fourth-order valence-corrected chi connectivity index (χ4v) is 2.36. The summed E-state index contributed by atoms with van der Waals surface area (Å²) in [6.07, 6.45) is 1.97. The molecule has 0 radical (unpaired) electrons. The van der Waals surface area contributed by atoms with Crippen molar-refractivity contribution >= 4 is 17.5 Å². The van der Waals surface area contributed by atoms with Crippen LogP contribution in [-0.2, 0) is 9.47 Å². The van der Waals surface area contributed by atoms with Gasteiger partial charge >= 0.3 is 6.09 Å². The van der Waals surface area contributed by atoms with Crippen LogP contribution in [0.5, 0.6) is 5.75 Å². The van der Waals surface area contributed by atoms with E-state index in [1.807, 2.05) is 32.9 Å². The average Bonchev–Trinajstić information content (AvgIpc) is 2.97. The van der Waals surface area contributed by atoms with E-state index in [2.05, 4.69) is 10.6 Å². The van der Waals surface area contributed by atoms with Gasteiger partial charge in [-0.05, 0) is 45.7 Å². The quantitative estimate of drug-likeness (QED) is 0.866. The Labute approximate surface area is 137 Å². The number of anilines is 2. The van der Waals surface area contributed by atoms with Gasteiger partial charge in [-0.1, -0.05) is 0 Å². The first-order chi connectivity index (χ1) is 10.9. The highest BCUT2D eigenvalue weighted by Crippen LogP contribution is 2.28. The highest BCUT2D eigenvalue weighted by atomic mass is 16.6. The van der Waals surface area contributed by atoms with Gasteiger partial charge in [0.05, 0.1) is 18.9 Å². The Morgan fingerprint density at radius 3 is 2.78 bits per heavy atom. The molecule has 0 spiro atoms. The third kappa shape index (κ3) is 5.63. The van der Waals surface area contributed by atoms with E-state index in [0.29, 0.717) is 11.4 Å². The van der Waals surface area contributed by atoms with E-state index in [4.69, 9.17) is 14.2 Å². The fraction of sp³-hybridized carbons (Fsp3) is 0.588. The van der Waals surface area contributed by atoms with Gasteiger partial charge in [0.2, 0.25) is 0 Å². The molecule has 1 aromatic carbocycles. The molecule has 1 fully saturated rings. The molecule has 6 nitrogen and oxygen atoms in total.